The summed E-state index contributed by atoms with van der Waals surface area (Å²) in [6, 6.07) is 5.83. The van der Waals surface area contributed by atoms with Gasteiger partial charge in [-0.05, 0) is 38.9 Å². The topological polar surface area (TPSA) is 43.8 Å². The van der Waals surface area contributed by atoms with Crippen LogP contribution in [0.15, 0.2) is 18.2 Å². The van der Waals surface area contributed by atoms with Gasteiger partial charge in [0.15, 0.2) is 0 Å². The molecule has 2 unspecified atom stereocenters. The molecular formula is C15H22N2O2. The van der Waals surface area contributed by atoms with E-state index >= 15 is 0 Å². The van der Waals surface area contributed by atoms with Crippen LogP contribution in [0.3, 0.4) is 0 Å². The number of likely N-dealkylation sites (N-methyl/N-ethyl adjacent to an activating group) is 1. The van der Waals surface area contributed by atoms with Crippen LogP contribution in [0.25, 0.3) is 0 Å². The van der Waals surface area contributed by atoms with Crippen molar-refractivity contribution < 1.29 is 9.90 Å². The Kier molecular flexibility index (Phi) is 3.92. The maximum Gasteiger partial charge on any atom is 0.246 e. The van der Waals surface area contributed by atoms with Gasteiger partial charge in [0, 0.05) is 18.3 Å². The van der Waals surface area contributed by atoms with Crippen molar-refractivity contribution in [2.45, 2.75) is 32.9 Å². The van der Waals surface area contributed by atoms with Crippen molar-refractivity contribution in [2.24, 2.45) is 0 Å². The lowest BCUT2D eigenvalue weighted by molar-refractivity contribution is -0.128. The maximum absolute atomic E-state index is 12.5. The molecular weight excluding hydrogens is 240 g/mol. The van der Waals surface area contributed by atoms with E-state index in [-0.39, 0.29) is 18.6 Å². The number of aliphatic hydroxyl groups is 1. The number of piperazine rings is 1. The molecule has 104 valence electrons. The molecule has 1 saturated heterocycles. The molecule has 1 aromatic carbocycles. The number of para-hydroxylation sites is 1. The van der Waals surface area contributed by atoms with Crippen LogP contribution < -0.4 is 4.90 Å². The Morgan fingerprint density at radius 3 is 2.42 bits per heavy atom. The Labute approximate surface area is 114 Å². The van der Waals surface area contributed by atoms with Gasteiger partial charge in [-0.1, -0.05) is 18.2 Å². The van der Waals surface area contributed by atoms with Crippen LogP contribution in [0, 0.1) is 13.8 Å². The van der Waals surface area contributed by atoms with Crippen molar-refractivity contribution in [1.29, 1.82) is 0 Å². The normalized spacial score (nSPS) is 24.9. The van der Waals surface area contributed by atoms with Gasteiger partial charge in [-0.2, -0.15) is 0 Å². The zero-order chi connectivity index (χ0) is 14.2. The molecule has 0 aliphatic carbocycles. The second kappa shape index (κ2) is 5.31. The fraction of sp³-hybridized carbons (Fsp3) is 0.533. The van der Waals surface area contributed by atoms with Crippen LogP contribution in [0.1, 0.15) is 18.1 Å². The predicted octanol–water partition coefficient (Wildman–Crippen LogP) is 1.33. The van der Waals surface area contributed by atoms with E-state index < -0.39 is 6.04 Å². The zero-order valence-corrected chi connectivity index (χ0v) is 12.1. The number of rotatable bonds is 2. The number of carbonyl (C=O) groups is 1. The number of aryl methyl sites for hydroxylation is 2. The molecule has 0 bridgehead atoms. The average Bonchev–Trinajstić information content (AvgIpc) is 2.36. The van der Waals surface area contributed by atoms with Gasteiger partial charge in [-0.3, -0.25) is 9.69 Å². The number of hydrogen-bond acceptors (Lipinski definition) is 3. The third kappa shape index (κ3) is 2.38. The van der Waals surface area contributed by atoms with E-state index in [1.54, 1.807) is 0 Å². The molecule has 1 aromatic rings. The fourth-order valence-electron chi connectivity index (χ4n) is 2.78. The summed E-state index contributed by atoms with van der Waals surface area (Å²) in [5, 5.41) is 9.46. The van der Waals surface area contributed by atoms with E-state index in [2.05, 4.69) is 6.92 Å². The number of hydrogen-bond donors (Lipinski definition) is 1. The summed E-state index contributed by atoms with van der Waals surface area (Å²) in [5.74, 6) is -0.0134. The summed E-state index contributed by atoms with van der Waals surface area (Å²) in [6.45, 7) is 6.65. The molecule has 4 nitrogen and oxygen atoms in total. The average molecular weight is 262 g/mol. The van der Waals surface area contributed by atoms with Crippen LogP contribution in [-0.4, -0.2) is 48.2 Å². The molecule has 1 N–H and O–H groups in total. The number of benzene rings is 1. The van der Waals surface area contributed by atoms with E-state index in [9.17, 15) is 9.90 Å². The van der Waals surface area contributed by atoms with Crippen LogP contribution in [0.4, 0.5) is 5.69 Å². The largest absolute Gasteiger partial charge is 0.394 e. The van der Waals surface area contributed by atoms with Gasteiger partial charge in [0.05, 0.1) is 6.61 Å². The summed E-state index contributed by atoms with van der Waals surface area (Å²) in [4.78, 5) is 16.3. The molecule has 2 atom stereocenters. The molecule has 19 heavy (non-hydrogen) atoms. The van der Waals surface area contributed by atoms with Crippen LogP contribution in [0.5, 0.6) is 0 Å². The molecule has 1 aliphatic heterocycles. The summed E-state index contributed by atoms with van der Waals surface area (Å²) < 4.78 is 0. The number of aliphatic hydroxyl groups excluding tert-OH is 1. The molecule has 0 aromatic heterocycles. The van der Waals surface area contributed by atoms with Gasteiger partial charge in [0.1, 0.15) is 6.04 Å². The highest BCUT2D eigenvalue weighted by molar-refractivity contribution is 5.99. The minimum absolute atomic E-state index is 0.0134. The van der Waals surface area contributed by atoms with Gasteiger partial charge in [-0.25, -0.2) is 0 Å². The molecule has 1 fully saturated rings. The second-order valence-corrected chi connectivity index (χ2v) is 5.40. The zero-order valence-electron chi connectivity index (χ0n) is 12.1. The number of anilines is 1. The molecule has 0 radical (unpaired) electrons. The second-order valence-electron chi connectivity index (χ2n) is 5.40. The SMILES string of the molecule is Cc1cccc(C)c1N1CC(C)N(C)C(CO)C1=O. The van der Waals surface area contributed by atoms with Gasteiger partial charge >= 0.3 is 0 Å². The molecule has 2 rings (SSSR count). The Morgan fingerprint density at radius 1 is 1.32 bits per heavy atom. The summed E-state index contributed by atoms with van der Waals surface area (Å²) >= 11 is 0. The fourth-order valence-corrected chi connectivity index (χ4v) is 2.78. The first kappa shape index (κ1) is 14.0. The number of nitrogens with zero attached hydrogens (tertiary/aromatic N) is 2. The summed E-state index contributed by atoms with van der Waals surface area (Å²) in [7, 11) is 1.89. The van der Waals surface area contributed by atoms with E-state index in [1.165, 1.54) is 0 Å². The van der Waals surface area contributed by atoms with Gasteiger partial charge in [-0.15, -0.1) is 0 Å². The minimum atomic E-state index is -0.442. The van der Waals surface area contributed by atoms with Crippen molar-refractivity contribution in [3.05, 3.63) is 29.3 Å². The van der Waals surface area contributed by atoms with Gasteiger partial charge in [0.2, 0.25) is 5.91 Å². The highest BCUT2D eigenvalue weighted by atomic mass is 16.3. The van der Waals surface area contributed by atoms with Crippen molar-refractivity contribution in [2.75, 3.05) is 25.1 Å². The van der Waals surface area contributed by atoms with Crippen molar-refractivity contribution >= 4 is 11.6 Å². The lowest BCUT2D eigenvalue weighted by Gasteiger charge is -2.43. The summed E-state index contributed by atoms with van der Waals surface area (Å²) in [5.41, 5.74) is 3.19. The van der Waals surface area contributed by atoms with E-state index in [1.807, 2.05) is 48.9 Å². The number of carbonyl (C=O) groups excluding carboxylic acids is 1. The first-order chi connectivity index (χ1) is 8.97. The van der Waals surface area contributed by atoms with Crippen molar-refractivity contribution in [1.82, 2.24) is 4.90 Å². The first-order valence-corrected chi connectivity index (χ1v) is 6.67. The summed E-state index contributed by atoms with van der Waals surface area (Å²) in [6.07, 6.45) is 0. The Balaban J connectivity index is 2.42. The molecule has 1 heterocycles. The third-order valence-corrected chi connectivity index (χ3v) is 4.07. The lowest BCUT2D eigenvalue weighted by atomic mass is 10.0. The third-order valence-electron chi connectivity index (χ3n) is 4.07. The Hall–Kier alpha value is -1.39. The molecule has 0 spiro atoms. The first-order valence-electron chi connectivity index (χ1n) is 6.67. The molecule has 1 amide bonds. The lowest BCUT2D eigenvalue weighted by Crippen LogP contribution is -2.61. The minimum Gasteiger partial charge on any atom is -0.394 e. The molecule has 1 aliphatic rings. The highest BCUT2D eigenvalue weighted by Gasteiger charge is 2.37. The Morgan fingerprint density at radius 2 is 1.89 bits per heavy atom. The van der Waals surface area contributed by atoms with E-state index in [0.29, 0.717) is 6.54 Å². The standard InChI is InChI=1S/C15H22N2O2/c1-10-6-5-7-11(2)14(10)17-8-12(3)16(4)13(9-18)15(17)19/h5-7,12-13,18H,8-9H2,1-4H3. The quantitative estimate of drug-likeness (QED) is 0.874. The van der Waals surface area contributed by atoms with E-state index in [4.69, 9.17) is 0 Å². The van der Waals surface area contributed by atoms with Crippen LogP contribution in [-0.2, 0) is 4.79 Å². The van der Waals surface area contributed by atoms with Crippen LogP contribution >= 0.6 is 0 Å². The van der Waals surface area contributed by atoms with Crippen molar-refractivity contribution in [3.63, 3.8) is 0 Å². The monoisotopic (exact) mass is 262 g/mol. The van der Waals surface area contributed by atoms with Crippen molar-refractivity contribution in [3.8, 4) is 0 Å². The smallest absolute Gasteiger partial charge is 0.246 e. The predicted molar refractivity (Wildman–Crippen MR) is 76.4 cm³/mol. The van der Waals surface area contributed by atoms with Gasteiger partial charge < -0.3 is 10.0 Å². The highest BCUT2D eigenvalue weighted by Crippen LogP contribution is 2.28. The molecule has 4 heteroatoms. The number of amides is 1. The van der Waals surface area contributed by atoms with Crippen LogP contribution in [0.2, 0.25) is 0 Å². The maximum atomic E-state index is 12.5. The van der Waals surface area contributed by atoms with E-state index in [0.717, 1.165) is 16.8 Å². The van der Waals surface area contributed by atoms with Gasteiger partial charge in [0.25, 0.3) is 0 Å². The Bertz CT molecular complexity index is 467. The molecule has 0 saturated carbocycles.